The summed E-state index contributed by atoms with van der Waals surface area (Å²) in [6, 6.07) is 0. The number of amides is 1. The Morgan fingerprint density at radius 1 is 0.944 bits per heavy atom. The van der Waals surface area contributed by atoms with Crippen LogP contribution in [0.3, 0.4) is 0 Å². The van der Waals surface area contributed by atoms with Gasteiger partial charge in [0.1, 0.15) is 0 Å². The number of rotatable bonds is 12. The summed E-state index contributed by atoms with van der Waals surface area (Å²) in [5, 5.41) is 9.69. The molecule has 106 valence electrons. The average Bonchev–Trinajstić information content (AvgIpc) is 3.20. The predicted octanol–water partition coefficient (Wildman–Crippen LogP) is -0.179. The summed E-state index contributed by atoms with van der Waals surface area (Å²) in [6.07, 6.45) is 5.37. The van der Waals surface area contributed by atoms with Gasteiger partial charge in [-0.15, -0.1) is 0 Å². The van der Waals surface area contributed by atoms with Crippen molar-refractivity contribution in [2.24, 2.45) is 11.7 Å². The number of hydrogen-bond acceptors (Lipinski definition) is 4. The first-order valence-corrected chi connectivity index (χ1v) is 7.24. The molecule has 18 heavy (non-hydrogen) atoms. The van der Waals surface area contributed by atoms with Crippen LogP contribution < -0.4 is 21.7 Å². The second-order valence-corrected chi connectivity index (χ2v) is 4.91. The van der Waals surface area contributed by atoms with Gasteiger partial charge in [0.25, 0.3) is 0 Å². The van der Waals surface area contributed by atoms with Crippen LogP contribution in [0.4, 0.5) is 0 Å². The van der Waals surface area contributed by atoms with Gasteiger partial charge in [-0.3, -0.25) is 4.79 Å². The molecule has 0 heterocycles. The minimum Gasteiger partial charge on any atom is -0.356 e. The van der Waals surface area contributed by atoms with Crippen molar-refractivity contribution in [3.63, 3.8) is 0 Å². The first-order valence-electron chi connectivity index (χ1n) is 7.24. The minimum absolute atomic E-state index is 0.249. The molecule has 1 aliphatic rings. The third-order valence-electron chi connectivity index (χ3n) is 3.04. The van der Waals surface area contributed by atoms with E-state index < -0.39 is 0 Å². The van der Waals surface area contributed by atoms with E-state index in [0.717, 1.165) is 71.4 Å². The Balaban J connectivity index is 1.69. The van der Waals surface area contributed by atoms with Crippen LogP contribution >= 0.6 is 0 Å². The molecule has 0 aromatic heterocycles. The second kappa shape index (κ2) is 10.3. The lowest BCUT2D eigenvalue weighted by Crippen LogP contribution is -2.29. The molecule has 5 N–H and O–H groups in total. The molecule has 1 saturated carbocycles. The summed E-state index contributed by atoms with van der Waals surface area (Å²) in [5.41, 5.74) is 5.40. The van der Waals surface area contributed by atoms with Crippen molar-refractivity contribution in [2.45, 2.75) is 32.1 Å². The van der Waals surface area contributed by atoms with Gasteiger partial charge in [0.05, 0.1) is 0 Å². The van der Waals surface area contributed by atoms with Gasteiger partial charge in [-0.05, 0) is 64.8 Å². The van der Waals surface area contributed by atoms with Gasteiger partial charge < -0.3 is 21.7 Å². The van der Waals surface area contributed by atoms with Gasteiger partial charge in [0, 0.05) is 12.5 Å². The Morgan fingerprint density at radius 3 is 2.06 bits per heavy atom. The lowest BCUT2D eigenvalue weighted by atomic mass is 10.3. The fourth-order valence-corrected chi connectivity index (χ4v) is 1.73. The molecular formula is C13H28N4O. The largest absolute Gasteiger partial charge is 0.356 e. The van der Waals surface area contributed by atoms with Gasteiger partial charge in [-0.1, -0.05) is 0 Å². The molecule has 0 spiro atoms. The zero-order valence-electron chi connectivity index (χ0n) is 11.3. The van der Waals surface area contributed by atoms with Gasteiger partial charge in [-0.25, -0.2) is 0 Å². The molecule has 0 saturated heterocycles. The van der Waals surface area contributed by atoms with E-state index in [-0.39, 0.29) is 5.91 Å². The molecule has 1 rings (SSSR count). The molecule has 1 aliphatic carbocycles. The first kappa shape index (κ1) is 15.4. The quantitative estimate of drug-likeness (QED) is 0.365. The average molecular weight is 256 g/mol. The van der Waals surface area contributed by atoms with Crippen LogP contribution in [-0.2, 0) is 4.79 Å². The number of carbonyl (C=O) groups excluding carboxylic acids is 1. The van der Waals surface area contributed by atoms with Crippen LogP contribution in [-0.4, -0.2) is 45.2 Å². The molecule has 0 atom stereocenters. The van der Waals surface area contributed by atoms with Crippen molar-refractivity contribution in [2.75, 3.05) is 39.3 Å². The lowest BCUT2D eigenvalue weighted by molar-refractivity contribution is -0.122. The zero-order valence-corrected chi connectivity index (χ0v) is 11.3. The van der Waals surface area contributed by atoms with Crippen LogP contribution in [0.15, 0.2) is 0 Å². The Kier molecular flexibility index (Phi) is 8.81. The highest BCUT2D eigenvalue weighted by molar-refractivity contribution is 5.80. The molecule has 0 unspecified atom stereocenters. The molecule has 1 amide bonds. The second-order valence-electron chi connectivity index (χ2n) is 4.91. The minimum atomic E-state index is 0.249. The van der Waals surface area contributed by atoms with E-state index in [1.54, 1.807) is 0 Å². The Hall–Kier alpha value is -0.650. The van der Waals surface area contributed by atoms with Gasteiger partial charge in [-0.2, -0.15) is 0 Å². The third-order valence-corrected chi connectivity index (χ3v) is 3.04. The number of nitrogens with one attached hydrogen (secondary N) is 3. The van der Waals surface area contributed by atoms with Crippen LogP contribution in [0.5, 0.6) is 0 Å². The van der Waals surface area contributed by atoms with Crippen LogP contribution in [0.1, 0.15) is 32.1 Å². The molecule has 0 radical (unpaired) electrons. The number of carbonyl (C=O) groups is 1. The number of hydrogen-bond donors (Lipinski definition) is 4. The molecule has 0 aromatic carbocycles. The summed E-state index contributed by atoms with van der Waals surface area (Å²) in [5.74, 6) is 0.580. The van der Waals surface area contributed by atoms with Gasteiger partial charge in [0.15, 0.2) is 0 Å². The normalized spacial score (nSPS) is 14.7. The van der Waals surface area contributed by atoms with E-state index >= 15 is 0 Å². The number of nitrogens with two attached hydrogens (primary N) is 1. The standard InChI is InChI=1S/C13H28N4O/c14-6-1-7-15-8-2-9-16-10-3-11-17-13(18)12-4-5-12/h12,15-16H,1-11,14H2,(H,17,18). The highest BCUT2D eigenvalue weighted by Gasteiger charge is 2.28. The monoisotopic (exact) mass is 256 g/mol. The summed E-state index contributed by atoms with van der Waals surface area (Å²) >= 11 is 0. The smallest absolute Gasteiger partial charge is 0.223 e. The Bertz CT molecular complexity index is 219. The van der Waals surface area contributed by atoms with Crippen molar-refractivity contribution >= 4 is 5.91 Å². The first-order chi connectivity index (χ1) is 8.84. The predicted molar refractivity (Wildman–Crippen MR) is 74.4 cm³/mol. The van der Waals surface area contributed by atoms with Crippen LogP contribution in [0.2, 0.25) is 0 Å². The van der Waals surface area contributed by atoms with Crippen LogP contribution in [0, 0.1) is 5.92 Å². The fourth-order valence-electron chi connectivity index (χ4n) is 1.73. The van der Waals surface area contributed by atoms with Crippen molar-refractivity contribution in [3.8, 4) is 0 Å². The SMILES string of the molecule is NCCCNCCCNCCCNC(=O)C1CC1. The zero-order chi connectivity index (χ0) is 13.1. The van der Waals surface area contributed by atoms with Gasteiger partial charge >= 0.3 is 0 Å². The maximum atomic E-state index is 11.3. The van der Waals surface area contributed by atoms with Crippen molar-refractivity contribution in [3.05, 3.63) is 0 Å². The summed E-state index contributed by atoms with van der Waals surface area (Å²) < 4.78 is 0. The molecule has 5 heteroatoms. The highest BCUT2D eigenvalue weighted by atomic mass is 16.2. The summed E-state index contributed by atoms with van der Waals surface area (Å²) in [4.78, 5) is 11.3. The molecule has 0 aliphatic heterocycles. The highest BCUT2D eigenvalue weighted by Crippen LogP contribution is 2.28. The van der Waals surface area contributed by atoms with E-state index in [2.05, 4.69) is 16.0 Å². The van der Waals surface area contributed by atoms with Crippen LogP contribution in [0.25, 0.3) is 0 Å². The third kappa shape index (κ3) is 8.44. The van der Waals surface area contributed by atoms with E-state index in [9.17, 15) is 4.79 Å². The van der Waals surface area contributed by atoms with Crippen molar-refractivity contribution in [1.82, 2.24) is 16.0 Å². The van der Waals surface area contributed by atoms with Gasteiger partial charge in [0.2, 0.25) is 5.91 Å². The van der Waals surface area contributed by atoms with E-state index in [0.29, 0.717) is 5.92 Å². The molecule has 0 aromatic rings. The maximum Gasteiger partial charge on any atom is 0.223 e. The van der Waals surface area contributed by atoms with Crippen molar-refractivity contribution in [1.29, 1.82) is 0 Å². The Morgan fingerprint density at radius 2 is 1.50 bits per heavy atom. The summed E-state index contributed by atoms with van der Waals surface area (Å²) in [7, 11) is 0. The molecule has 0 bridgehead atoms. The Labute approximate surface area is 110 Å². The van der Waals surface area contributed by atoms with Crippen molar-refractivity contribution < 1.29 is 4.79 Å². The molecular weight excluding hydrogens is 228 g/mol. The fraction of sp³-hybridized carbons (Fsp3) is 0.923. The van der Waals surface area contributed by atoms with E-state index in [4.69, 9.17) is 5.73 Å². The molecule has 5 nitrogen and oxygen atoms in total. The molecule has 1 fully saturated rings. The summed E-state index contributed by atoms with van der Waals surface area (Å²) in [6.45, 7) is 5.64. The lowest BCUT2D eigenvalue weighted by Gasteiger charge is -2.07. The van der Waals surface area contributed by atoms with E-state index in [1.165, 1.54) is 0 Å². The maximum absolute atomic E-state index is 11.3. The topological polar surface area (TPSA) is 79.2 Å². The van der Waals surface area contributed by atoms with E-state index in [1.807, 2.05) is 0 Å².